The van der Waals surface area contributed by atoms with Crippen molar-refractivity contribution in [2.75, 3.05) is 24.2 Å². The van der Waals surface area contributed by atoms with Gasteiger partial charge in [-0.05, 0) is 18.6 Å². The van der Waals surface area contributed by atoms with Crippen molar-refractivity contribution in [1.82, 2.24) is 0 Å². The molecule has 0 spiro atoms. The van der Waals surface area contributed by atoms with Crippen LogP contribution in [-0.2, 0) is 19.6 Å². The minimum absolute atomic E-state index is 0.0759. The molecule has 0 unspecified atom stereocenters. The van der Waals surface area contributed by atoms with Gasteiger partial charge in [-0.1, -0.05) is 18.2 Å². The van der Waals surface area contributed by atoms with Crippen molar-refractivity contribution in [2.24, 2.45) is 0 Å². The average molecular weight is 271 g/mol. The molecule has 0 aliphatic heterocycles. The third kappa shape index (κ3) is 4.03. The van der Waals surface area contributed by atoms with Gasteiger partial charge in [0, 0.05) is 13.5 Å². The smallest absolute Gasteiger partial charge is 0.305 e. The summed E-state index contributed by atoms with van der Waals surface area (Å²) in [6.07, 6.45) is 0.366. The summed E-state index contributed by atoms with van der Waals surface area (Å²) >= 11 is 0. The zero-order valence-electron chi connectivity index (χ0n) is 10.5. The van der Waals surface area contributed by atoms with Crippen molar-refractivity contribution >= 4 is 21.7 Å². The first-order valence-electron chi connectivity index (χ1n) is 5.56. The number of hydrogen-bond donors (Lipinski definition) is 0. The summed E-state index contributed by atoms with van der Waals surface area (Å²) in [5, 5.41) is 0. The quantitative estimate of drug-likeness (QED) is 0.734. The highest BCUT2D eigenvalue weighted by Crippen LogP contribution is 2.16. The molecule has 1 aromatic rings. The topological polar surface area (TPSA) is 63.7 Å². The first kappa shape index (κ1) is 14.5. The first-order chi connectivity index (χ1) is 8.47. The maximum Gasteiger partial charge on any atom is 0.305 e. The minimum Gasteiger partial charge on any atom is -0.469 e. The summed E-state index contributed by atoms with van der Waals surface area (Å²) in [7, 11) is -0.604. The molecule has 0 heterocycles. The van der Waals surface area contributed by atoms with E-state index in [1.807, 2.05) is 6.07 Å². The number of anilines is 1. The molecule has 18 heavy (non-hydrogen) atoms. The highest BCUT2D eigenvalue weighted by molar-refractivity contribution is 7.92. The Morgan fingerprint density at radius 2 is 1.89 bits per heavy atom. The molecule has 0 atom stereocenters. The van der Waals surface area contributed by atoms with E-state index in [0.717, 1.165) is 0 Å². The van der Waals surface area contributed by atoms with Gasteiger partial charge < -0.3 is 4.74 Å². The molecule has 0 fully saturated rings. The molecule has 0 aromatic heterocycles. The van der Waals surface area contributed by atoms with Crippen molar-refractivity contribution in [3.8, 4) is 0 Å². The number of para-hydroxylation sites is 1. The molecule has 0 amide bonds. The molecule has 100 valence electrons. The number of ether oxygens (including phenoxy) is 1. The molecule has 0 radical (unpaired) electrons. The van der Waals surface area contributed by atoms with E-state index in [0.29, 0.717) is 5.69 Å². The fourth-order valence-electron chi connectivity index (χ4n) is 1.44. The Morgan fingerprint density at radius 3 is 2.44 bits per heavy atom. The Morgan fingerprint density at radius 1 is 1.28 bits per heavy atom. The number of benzene rings is 1. The molecule has 6 heteroatoms. The predicted molar refractivity (Wildman–Crippen MR) is 69.9 cm³/mol. The van der Waals surface area contributed by atoms with Crippen molar-refractivity contribution in [2.45, 2.75) is 12.8 Å². The normalized spacial score (nSPS) is 11.0. The van der Waals surface area contributed by atoms with Crippen LogP contribution in [0.25, 0.3) is 0 Å². The van der Waals surface area contributed by atoms with Crippen molar-refractivity contribution in [1.29, 1.82) is 0 Å². The van der Waals surface area contributed by atoms with Crippen LogP contribution in [0.15, 0.2) is 30.3 Å². The van der Waals surface area contributed by atoms with Gasteiger partial charge in [0.15, 0.2) is 0 Å². The summed E-state index contributed by atoms with van der Waals surface area (Å²) in [5.41, 5.74) is 0.607. The van der Waals surface area contributed by atoms with Crippen LogP contribution in [-0.4, -0.2) is 34.3 Å². The van der Waals surface area contributed by atoms with E-state index in [-0.39, 0.29) is 18.6 Å². The molecule has 0 bridgehead atoms. The fraction of sp³-hybridized carbons (Fsp3) is 0.417. The van der Waals surface area contributed by atoms with E-state index in [2.05, 4.69) is 4.74 Å². The minimum atomic E-state index is -3.39. The van der Waals surface area contributed by atoms with Gasteiger partial charge in [-0.25, -0.2) is 8.42 Å². The lowest BCUT2D eigenvalue weighted by Gasteiger charge is -2.19. The summed E-state index contributed by atoms with van der Waals surface area (Å²) in [4.78, 5) is 10.9. The maximum atomic E-state index is 12.0. The van der Waals surface area contributed by atoms with Gasteiger partial charge in [0.05, 0.1) is 18.6 Å². The van der Waals surface area contributed by atoms with E-state index >= 15 is 0 Å². The summed E-state index contributed by atoms with van der Waals surface area (Å²) < 4.78 is 29.6. The highest BCUT2D eigenvalue weighted by Gasteiger charge is 2.18. The largest absolute Gasteiger partial charge is 0.469 e. The lowest BCUT2D eigenvalue weighted by Crippen LogP contribution is -2.29. The van der Waals surface area contributed by atoms with Gasteiger partial charge in [-0.2, -0.15) is 0 Å². The Hall–Kier alpha value is -1.56. The second-order valence-corrected chi connectivity index (χ2v) is 5.92. The highest BCUT2D eigenvalue weighted by atomic mass is 32.2. The van der Waals surface area contributed by atoms with Crippen LogP contribution >= 0.6 is 0 Å². The lowest BCUT2D eigenvalue weighted by atomic mass is 10.3. The monoisotopic (exact) mass is 271 g/mol. The summed E-state index contributed by atoms with van der Waals surface area (Å²) in [6.45, 7) is 0. The second-order valence-electron chi connectivity index (χ2n) is 3.80. The van der Waals surface area contributed by atoms with Crippen LogP contribution in [0.5, 0.6) is 0 Å². The average Bonchev–Trinajstić information content (AvgIpc) is 2.38. The zero-order valence-corrected chi connectivity index (χ0v) is 11.3. The van der Waals surface area contributed by atoms with Crippen LogP contribution in [0.3, 0.4) is 0 Å². The second kappa shape index (κ2) is 6.39. The number of methoxy groups -OCH3 is 1. The summed E-state index contributed by atoms with van der Waals surface area (Å²) in [6, 6.07) is 8.81. The van der Waals surface area contributed by atoms with Crippen LogP contribution in [0.4, 0.5) is 5.69 Å². The molecule has 1 rings (SSSR count). The van der Waals surface area contributed by atoms with Gasteiger partial charge in [-0.15, -0.1) is 0 Å². The van der Waals surface area contributed by atoms with E-state index in [9.17, 15) is 13.2 Å². The number of rotatable bonds is 6. The Labute approximate surface area is 107 Å². The van der Waals surface area contributed by atoms with E-state index in [1.54, 1.807) is 24.3 Å². The van der Waals surface area contributed by atoms with Crippen LogP contribution in [0.1, 0.15) is 12.8 Å². The first-order valence-corrected chi connectivity index (χ1v) is 7.17. The molecule has 0 aliphatic carbocycles. The van der Waals surface area contributed by atoms with E-state index in [4.69, 9.17) is 0 Å². The Balaban J connectivity index is 2.61. The molecule has 0 saturated carbocycles. The van der Waals surface area contributed by atoms with Crippen LogP contribution in [0.2, 0.25) is 0 Å². The number of nitrogens with zero attached hydrogens (tertiary/aromatic N) is 1. The van der Waals surface area contributed by atoms with Crippen LogP contribution < -0.4 is 4.31 Å². The molecule has 1 aromatic carbocycles. The number of sulfonamides is 1. The maximum absolute atomic E-state index is 12.0. The fourth-order valence-corrected chi connectivity index (χ4v) is 2.66. The van der Waals surface area contributed by atoms with Gasteiger partial charge in [0.1, 0.15) is 0 Å². The van der Waals surface area contributed by atoms with Crippen molar-refractivity contribution in [3.05, 3.63) is 30.3 Å². The zero-order chi connectivity index (χ0) is 13.6. The number of carbonyl (C=O) groups is 1. The van der Waals surface area contributed by atoms with Gasteiger partial charge >= 0.3 is 5.97 Å². The standard InChI is InChI=1S/C12H17NO4S/c1-13(11-7-4-3-5-8-11)18(15,16)10-6-9-12(14)17-2/h3-5,7-8H,6,9-10H2,1-2H3. The molecule has 5 nitrogen and oxygen atoms in total. The third-order valence-corrected chi connectivity index (χ3v) is 4.40. The van der Waals surface area contributed by atoms with Crippen molar-refractivity contribution < 1.29 is 17.9 Å². The number of carbonyl (C=O) groups excluding carboxylic acids is 1. The predicted octanol–water partition coefficient (Wildman–Crippen LogP) is 1.41. The Kier molecular flexibility index (Phi) is 5.15. The van der Waals surface area contributed by atoms with Crippen molar-refractivity contribution in [3.63, 3.8) is 0 Å². The lowest BCUT2D eigenvalue weighted by molar-refractivity contribution is -0.140. The molecular formula is C12H17NO4S. The Bertz CT molecular complexity index is 484. The molecule has 0 aliphatic rings. The third-order valence-electron chi connectivity index (χ3n) is 2.55. The van der Waals surface area contributed by atoms with Gasteiger partial charge in [-0.3, -0.25) is 9.10 Å². The van der Waals surface area contributed by atoms with Gasteiger partial charge in [0.25, 0.3) is 0 Å². The number of hydrogen-bond acceptors (Lipinski definition) is 4. The molecule has 0 saturated heterocycles. The van der Waals surface area contributed by atoms with Crippen LogP contribution in [0, 0.1) is 0 Å². The summed E-state index contributed by atoms with van der Waals surface area (Å²) in [5.74, 6) is -0.472. The molecule has 0 N–H and O–H groups in total. The van der Waals surface area contributed by atoms with E-state index in [1.165, 1.54) is 18.5 Å². The number of esters is 1. The SMILES string of the molecule is COC(=O)CCCS(=O)(=O)N(C)c1ccccc1. The molecular weight excluding hydrogens is 254 g/mol. The van der Waals surface area contributed by atoms with Gasteiger partial charge in [0.2, 0.25) is 10.0 Å². The van der Waals surface area contributed by atoms with E-state index < -0.39 is 16.0 Å².